The molecule has 0 fully saturated rings. The number of esters is 2. The van der Waals surface area contributed by atoms with Crippen molar-refractivity contribution in [3.8, 4) is 0 Å². The summed E-state index contributed by atoms with van der Waals surface area (Å²) in [6.07, 6.45) is 40.8. The Balaban J connectivity index is 4.44. The first-order chi connectivity index (χ1) is 24.6. The summed E-state index contributed by atoms with van der Waals surface area (Å²) in [5, 5.41) is 11.6. The van der Waals surface area contributed by atoms with Gasteiger partial charge >= 0.3 is 11.9 Å². The molecule has 0 saturated carbocycles. The molecule has 8 nitrogen and oxygen atoms in total. The van der Waals surface area contributed by atoms with E-state index < -0.39 is 18.1 Å². The summed E-state index contributed by atoms with van der Waals surface area (Å²) in [5.41, 5.74) is 0. The van der Waals surface area contributed by atoms with Gasteiger partial charge in [-0.1, -0.05) is 119 Å². The van der Waals surface area contributed by atoms with Crippen molar-refractivity contribution in [3.05, 3.63) is 72.9 Å². The van der Waals surface area contributed by atoms with Crippen LogP contribution in [0.5, 0.6) is 0 Å². The lowest BCUT2D eigenvalue weighted by Crippen LogP contribution is -2.55. The second-order valence-corrected chi connectivity index (χ2v) is 13.9. The average molecular weight is 714 g/mol. The molecule has 0 spiro atoms. The van der Waals surface area contributed by atoms with Gasteiger partial charge in [-0.15, -0.1) is 0 Å². The van der Waals surface area contributed by atoms with Gasteiger partial charge in [-0.2, -0.15) is 0 Å². The number of quaternary nitrogens is 1. The van der Waals surface area contributed by atoms with Crippen molar-refractivity contribution in [1.82, 2.24) is 0 Å². The van der Waals surface area contributed by atoms with E-state index in [0.29, 0.717) is 12.8 Å². The number of carbonyl (C=O) groups is 3. The Hall–Kier alpha value is -3.23. The van der Waals surface area contributed by atoms with Crippen molar-refractivity contribution in [3.63, 3.8) is 0 Å². The molecule has 2 atom stereocenters. The van der Waals surface area contributed by atoms with E-state index >= 15 is 0 Å². The molecule has 0 amide bonds. The average Bonchev–Trinajstić information content (AvgIpc) is 3.08. The molecular weight excluding hydrogens is 642 g/mol. The number of allylic oxidation sites excluding steroid dienone is 12. The highest BCUT2D eigenvalue weighted by molar-refractivity contribution is 5.70. The highest BCUT2D eigenvalue weighted by Crippen LogP contribution is 2.11. The van der Waals surface area contributed by atoms with Gasteiger partial charge in [-0.3, -0.25) is 9.59 Å². The lowest BCUT2D eigenvalue weighted by atomic mass is 10.1. The highest BCUT2D eigenvalue weighted by Gasteiger charge is 2.25. The number of aliphatic carboxylic acids is 1. The smallest absolute Gasteiger partial charge is 0.306 e. The monoisotopic (exact) mass is 714 g/mol. The van der Waals surface area contributed by atoms with Crippen LogP contribution in [0.15, 0.2) is 72.9 Å². The molecule has 0 heterocycles. The third-order valence-electron chi connectivity index (χ3n) is 8.17. The first-order valence-corrected chi connectivity index (χ1v) is 19.5. The van der Waals surface area contributed by atoms with E-state index in [9.17, 15) is 19.5 Å². The van der Waals surface area contributed by atoms with E-state index in [1.54, 1.807) is 21.1 Å². The predicted octanol–water partition coefficient (Wildman–Crippen LogP) is 8.68. The van der Waals surface area contributed by atoms with E-state index in [-0.39, 0.29) is 49.1 Å². The van der Waals surface area contributed by atoms with Crippen LogP contribution in [0.2, 0.25) is 0 Å². The zero-order valence-corrected chi connectivity index (χ0v) is 32.7. The number of nitrogens with zero attached hydrogens (tertiary/aromatic N) is 1. The van der Waals surface area contributed by atoms with Crippen molar-refractivity contribution in [1.29, 1.82) is 0 Å². The number of likely N-dealkylation sites (N-methyl/N-ethyl adjacent to an activating group) is 1. The Morgan fingerprint density at radius 2 is 1.18 bits per heavy atom. The van der Waals surface area contributed by atoms with Gasteiger partial charge in [0, 0.05) is 19.3 Å². The van der Waals surface area contributed by atoms with Crippen molar-refractivity contribution in [2.45, 2.75) is 142 Å². The van der Waals surface area contributed by atoms with Gasteiger partial charge in [0.1, 0.15) is 12.6 Å². The van der Waals surface area contributed by atoms with Gasteiger partial charge in [0.25, 0.3) is 0 Å². The first kappa shape index (κ1) is 47.8. The fourth-order valence-corrected chi connectivity index (χ4v) is 5.12. The number of ether oxygens (including phenoxy) is 3. The standard InChI is InChI=1S/C43H71NO7/c1-6-8-10-12-14-16-17-18-19-20-21-22-23-24-26-27-29-31-33-41(45)50-38-39(37-49-36-35-40(43(47)48)44(3,4)5)51-42(46)34-32-30-28-25-15-13-11-9-7-2/h9,11,14-22,25,39-40H,6-8,10,12-13,23-24,26-38H2,1-5H3/b11-9+,16-14+,18-17+,20-19+,22-21+,25-15+. The molecule has 0 aliphatic carbocycles. The zero-order chi connectivity index (χ0) is 37.8. The van der Waals surface area contributed by atoms with Crippen LogP contribution in [0.1, 0.15) is 129 Å². The van der Waals surface area contributed by atoms with E-state index in [1.165, 1.54) is 19.3 Å². The Morgan fingerprint density at radius 3 is 1.82 bits per heavy atom. The summed E-state index contributed by atoms with van der Waals surface area (Å²) in [6, 6.07) is -0.737. The molecule has 0 bridgehead atoms. The summed E-state index contributed by atoms with van der Waals surface area (Å²) < 4.78 is 17.0. The van der Waals surface area contributed by atoms with Gasteiger partial charge in [-0.05, 0) is 64.2 Å². The number of carbonyl (C=O) groups excluding carboxylic acids is 3. The zero-order valence-electron chi connectivity index (χ0n) is 32.7. The van der Waals surface area contributed by atoms with Gasteiger partial charge < -0.3 is 28.6 Å². The third kappa shape index (κ3) is 32.4. The van der Waals surface area contributed by atoms with Crippen LogP contribution < -0.4 is 5.11 Å². The molecule has 0 radical (unpaired) electrons. The van der Waals surface area contributed by atoms with Crippen LogP contribution in [-0.2, 0) is 28.6 Å². The molecule has 290 valence electrons. The maximum atomic E-state index is 12.6. The fourth-order valence-electron chi connectivity index (χ4n) is 5.12. The van der Waals surface area contributed by atoms with Gasteiger partial charge in [0.05, 0.1) is 40.3 Å². The predicted molar refractivity (Wildman–Crippen MR) is 208 cm³/mol. The molecule has 0 rings (SSSR count). The molecule has 0 N–H and O–H groups in total. The molecule has 51 heavy (non-hydrogen) atoms. The van der Waals surface area contributed by atoms with Crippen LogP contribution in [0.3, 0.4) is 0 Å². The van der Waals surface area contributed by atoms with Crippen LogP contribution in [-0.4, -0.2) is 75.5 Å². The van der Waals surface area contributed by atoms with Crippen LogP contribution in [0.25, 0.3) is 0 Å². The fraction of sp³-hybridized carbons (Fsp3) is 0.651. The Bertz CT molecular complexity index is 1060. The Kier molecular flexibility index (Phi) is 31.7. The quantitative estimate of drug-likeness (QED) is 0.0221. The number of carboxylic acid groups (broad SMARTS) is 1. The lowest BCUT2D eigenvalue weighted by molar-refractivity contribution is -0.889. The molecule has 2 unspecified atom stereocenters. The van der Waals surface area contributed by atoms with Crippen LogP contribution in [0, 0.1) is 0 Å². The van der Waals surface area contributed by atoms with Gasteiger partial charge in [0.2, 0.25) is 0 Å². The molecule has 0 aromatic rings. The molecule has 0 aliphatic heterocycles. The van der Waals surface area contributed by atoms with Crippen molar-refractivity contribution >= 4 is 17.9 Å². The molecule has 0 aromatic heterocycles. The lowest BCUT2D eigenvalue weighted by Gasteiger charge is -2.34. The maximum absolute atomic E-state index is 12.6. The molecule has 8 heteroatoms. The van der Waals surface area contributed by atoms with Gasteiger partial charge in [-0.25, -0.2) is 0 Å². The molecular formula is C43H71NO7. The largest absolute Gasteiger partial charge is 0.544 e. The van der Waals surface area contributed by atoms with E-state index in [1.807, 2.05) is 12.2 Å². The summed E-state index contributed by atoms with van der Waals surface area (Å²) in [5.74, 6) is -1.83. The Morgan fingerprint density at radius 1 is 0.627 bits per heavy atom. The third-order valence-corrected chi connectivity index (χ3v) is 8.17. The minimum Gasteiger partial charge on any atom is -0.544 e. The van der Waals surface area contributed by atoms with E-state index in [4.69, 9.17) is 14.2 Å². The number of carboxylic acids is 1. The minimum atomic E-state index is -1.14. The van der Waals surface area contributed by atoms with Gasteiger partial charge in [0.15, 0.2) is 6.10 Å². The summed E-state index contributed by atoms with van der Waals surface area (Å²) in [6.45, 7) is 4.40. The topological polar surface area (TPSA) is 102 Å². The summed E-state index contributed by atoms with van der Waals surface area (Å²) in [4.78, 5) is 36.6. The van der Waals surface area contributed by atoms with Crippen LogP contribution in [0.4, 0.5) is 0 Å². The SMILES string of the molecule is CC/C=C/C/C=C/CCCCC(=O)OC(COCCC(C(=O)[O-])[N+](C)(C)C)COC(=O)CCCCCCC/C=C/C=C/C=C/C=C/CCCCC. The maximum Gasteiger partial charge on any atom is 0.306 e. The normalized spacial score (nSPS) is 13.8. The number of hydrogen-bond donors (Lipinski definition) is 0. The molecule has 0 aromatic carbocycles. The number of hydrogen-bond acceptors (Lipinski definition) is 7. The van der Waals surface area contributed by atoms with E-state index in [0.717, 1.165) is 70.6 Å². The summed E-state index contributed by atoms with van der Waals surface area (Å²) in [7, 11) is 5.36. The second kappa shape index (κ2) is 33.9. The molecule has 0 saturated heterocycles. The van der Waals surface area contributed by atoms with E-state index in [2.05, 4.69) is 74.6 Å². The first-order valence-electron chi connectivity index (χ1n) is 19.5. The van der Waals surface area contributed by atoms with Crippen molar-refractivity contribution < 1.29 is 38.2 Å². The minimum absolute atomic E-state index is 0.0153. The molecule has 0 aliphatic rings. The number of rotatable bonds is 33. The Labute approximate surface area is 311 Å². The van der Waals surface area contributed by atoms with Crippen LogP contribution >= 0.6 is 0 Å². The summed E-state index contributed by atoms with van der Waals surface area (Å²) >= 11 is 0. The second-order valence-electron chi connectivity index (χ2n) is 13.9. The van der Waals surface area contributed by atoms with Crippen molar-refractivity contribution in [2.75, 3.05) is 41.0 Å². The number of unbranched alkanes of at least 4 members (excludes halogenated alkanes) is 10. The highest BCUT2D eigenvalue weighted by atomic mass is 16.6. The van der Waals surface area contributed by atoms with Crippen molar-refractivity contribution in [2.24, 2.45) is 0 Å².